The van der Waals surface area contributed by atoms with Gasteiger partial charge in [0.15, 0.2) is 0 Å². The Morgan fingerprint density at radius 1 is 1.00 bits per heavy atom. The molecule has 3 heteroatoms. The molecule has 0 aromatic heterocycles. The Labute approximate surface area is 93.5 Å². The maximum absolute atomic E-state index is 10.9. The van der Waals surface area contributed by atoms with Crippen molar-refractivity contribution in [3.05, 3.63) is 71.1 Å². The summed E-state index contributed by atoms with van der Waals surface area (Å²) < 4.78 is 0. The summed E-state index contributed by atoms with van der Waals surface area (Å²) in [6, 6.07) is 14.1. The van der Waals surface area contributed by atoms with Crippen LogP contribution in [0.15, 0.2) is 48.5 Å². The molecule has 0 heterocycles. The van der Waals surface area contributed by atoms with Crippen molar-refractivity contribution < 1.29 is 4.92 Å². The van der Waals surface area contributed by atoms with E-state index in [4.69, 9.17) is 0 Å². The van der Waals surface area contributed by atoms with Crippen LogP contribution in [-0.2, 0) is 0 Å². The van der Waals surface area contributed by atoms with E-state index in [0.717, 1.165) is 11.1 Å². The predicted molar refractivity (Wildman–Crippen MR) is 63.0 cm³/mol. The lowest BCUT2D eigenvalue weighted by Gasteiger charge is -2.03. The molecule has 0 saturated heterocycles. The maximum atomic E-state index is 10.9. The van der Waals surface area contributed by atoms with Crippen LogP contribution in [0.3, 0.4) is 0 Å². The van der Waals surface area contributed by atoms with Gasteiger partial charge in [-0.25, -0.2) is 0 Å². The quantitative estimate of drug-likeness (QED) is 0.565. The van der Waals surface area contributed by atoms with Gasteiger partial charge in [0.2, 0.25) is 0 Å². The zero-order valence-electron chi connectivity index (χ0n) is 8.59. The molecule has 0 atom stereocenters. The van der Waals surface area contributed by atoms with Crippen LogP contribution in [0, 0.1) is 17.0 Å². The van der Waals surface area contributed by atoms with Crippen molar-refractivity contribution in [2.24, 2.45) is 0 Å². The zero-order valence-corrected chi connectivity index (χ0v) is 8.59. The van der Waals surface area contributed by atoms with Gasteiger partial charge >= 0.3 is 0 Å². The zero-order chi connectivity index (χ0) is 11.5. The van der Waals surface area contributed by atoms with E-state index in [1.54, 1.807) is 18.2 Å². The third kappa shape index (κ3) is 1.93. The molecule has 0 fully saturated rings. The summed E-state index contributed by atoms with van der Waals surface area (Å²) in [4.78, 5) is 10.5. The fraction of sp³-hybridized carbons (Fsp3) is 0. The van der Waals surface area contributed by atoms with Crippen molar-refractivity contribution in [2.45, 2.75) is 0 Å². The Morgan fingerprint density at radius 3 is 2.25 bits per heavy atom. The van der Waals surface area contributed by atoms with Crippen LogP contribution in [0.5, 0.6) is 0 Å². The number of nitro groups is 1. The van der Waals surface area contributed by atoms with Gasteiger partial charge in [-0.3, -0.25) is 10.1 Å². The summed E-state index contributed by atoms with van der Waals surface area (Å²) in [6.45, 7) is 3.78. The van der Waals surface area contributed by atoms with Crippen LogP contribution in [-0.4, -0.2) is 4.92 Å². The smallest absolute Gasteiger partial charge is 0.258 e. The summed E-state index contributed by atoms with van der Waals surface area (Å²) >= 11 is 0. The van der Waals surface area contributed by atoms with Gasteiger partial charge in [-0.15, -0.1) is 0 Å². The van der Waals surface area contributed by atoms with Crippen molar-refractivity contribution in [1.29, 1.82) is 0 Å². The molecular formula is C13H10NO2. The monoisotopic (exact) mass is 212 g/mol. The lowest BCUT2D eigenvalue weighted by atomic mass is 10.0. The van der Waals surface area contributed by atoms with Gasteiger partial charge in [-0.1, -0.05) is 36.4 Å². The molecule has 0 bridgehead atoms. The van der Waals surface area contributed by atoms with Crippen LogP contribution in [0.25, 0.3) is 11.1 Å². The van der Waals surface area contributed by atoms with Gasteiger partial charge < -0.3 is 0 Å². The number of nitro benzene ring substituents is 1. The second-order valence-electron chi connectivity index (χ2n) is 3.47. The van der Waals surface area contributed by atoms with E-state index in [1.807, 2.05) is 24.3 Å². The van der Waals surface area contributed by atoms with Gasteiger partial charge in [-0.2, -0.15) is 0 Å². The highest BCUT2D eigenvalue weighted by Crippen LogP contribution is 2.29. The molecule has 2 aromatic carbocycles. The fourth-order valence-corrected chi connectivity index (χ4v) is 1.56. The second kappa shape index (κ2) is 4.14. The van der Waals surface area contributed by atoms with E-state index in [0.29, 0.717) is 5.56 Å². The summed E-state index contributed by atoms with van der Waals surface area (Å²) in [7, 11) is 0. The number of hydrogen-bond acceptors (Lipinski definition) is 2. The van der Waals surface area contributed by atoms with Gasteiger partial charge in [0.1, 0.15) is 0 Å². The first-order valence-electron chi connectivity index (χ1n) is 4.84. The van der Waals surface area contributed by atoms with Crippen molar-refractivity contribution >= 4 is 5.69 Å². The van der Waals surface area contributed by atoms with Gasteiger partial charge in [-0.05, 0) is 24.1 Å². The topological polar surface area (TPSA) is 43.1 Å². The number of nitrogens with zero attached hydrogens (tertiary/aromatic N) is 1. The van der Waals surface area contributed by atoms with Crippen molar-refractivity contribution in [1.82, 2.24) is 0 Å². The lowest BCUT2D eigenvalue weighted by Crippen LogP contribution is -1.91. The Balaban J connectivity index is 2.55. The Hall–Kier alpha value is -2.16. The number of hydrogen-bond donors (Lipinski definition) is 0. The second-order valence-corrected chi connectivity index (χ2v) is 3.47. The molecule has 0 unspecified atom stereocenters. The molecular weight excluding hydrogens is 202 g/mol. The minimum Gasteiger partial charge on any atom is -0.258 e. The highest BCUT2D eigenvalue weighted by Gasteiger charge is 2.13. The lowest BCUT2D eigenvalue weighted by molar-refractivity contribution is -0.384. The highest BCUT2D eigenvalue weighted by molar-refractivity contribution is 5.73. The summed E-state index contributed by atoms with van der Waals surface area (Å²) in [5, 5.41) is 10.9. The molecule has 0 N–H and O–H groups in total. The molecule has 0 saturated carbocycles. The standard InChI is InChI=1S/C13H10NO2/c1-10-6-8-11(9-7-10)12-4-2-3-5-13(12)14(15)16/h2-9H,1H2. The van der Waals surface area contributed by atoms with Crippen molar-refractivity contribution in [2.75, 3.05) is 0 Å². The molecule has 0 aliphatic rings. The molecule has 16 heavy (non-hydrogen) atoms. The van der Waals surface area contributed by atoms with E-state index in [2.05, 4.69) is 6.92 Å². The van der Waals surface area contributed by atoms with Crippen LogP contribution in [0.2, 0.25) is 0 Å². The van der Waals surface area contributed by atoms with E-state index < -0.39 is 0 Å². The molecule has 79 valence electrons. The number of benzene rings is 2. The molecule has 1 radical (unpaired) electrons. The van der Waals surface area contributed by atoms with Gasteiger partial charge in [0, 0.05) is 6.07 Å². The SMILES string of the molecule is [CH2]c1ccc(-c2ccccc2[N+](=O)[O-])cc1. The third-order valence-electron chi connectivity index (χ3n) is 2.37. The van der Waals surface area contributed by atoms with Crippen LogP contribution in [0.4, 0.5) is 5.69 Å². The van der Waals surface area contributed by atoms with Crippen LogP contribution >= 0.6 is 0 Å². The number of rotatable bonds is 2. The normalized spacial score (nSPS) is 10.1. The highest BCUT2D eigenvalue weighted by atomic mass is 16.6. The van der Waals surface area contributed by atoms with E-state index in [9.17, 15) is 10.1 Å². The molecule has 0 amide bonds. The van der Waals surface area contributed by atoms with Crippen molar-refractivity contribution in [3.8, 4) is 11.1 Å². The largest absolute Gasteiger partial charge is 0.277 e. The van der Waals surface area contributed by atoms with E-state index in [-0.39, 0.29) is 10.6 Å². The third-order valence-corrected chi connectivity index (χ3v) is 2.37. The van der Waals surface area contributed by atoms with E-state index >= 15 is 0 Å². The molecule has 3 nitrogen and oxygen atoms in total. The minimum atomic E-state index is -0.368. The minimum absolute atomic E-state index is 0.124. The van der Waals surface area contributed by atoms with Crippen molar-refractivity contribution in [3.63, 3.8) is 0 Å². The first-order valence-corrected chi connectivity index (χ1v) is 4.84. The Kier molecular flexibility index (Phi) is 2.68. The van der Waals surface area contributed by atoms with Crippen LogP contribution < -0.4 is 0 Å². The maximum Gasteiger partial charge on any atom is 0.277 e. The Morgan fingerprint density at radius 2 is 1.62 bits per heavy atom. The summed E-state index contributed by atoms with van der Waals surface area (Å²) in [5.41, 5.74) is 2.48. The molecule has 0 aliphatic carbocycles. The summed E-state index contributed by atoms with van der Waals surface area (Å²) in [6.07, 6.45) is 0. The van der Waals surface area contributed by atoms with Gasteiger partial charge in [0.05, 0.1) is 10.5 Å². The molecule has 0 spiro atoms. The molecule has 0 aliphatic heterocycles. The van der Waals surface area contributed by atoms with Gasteiger partial charge in [0.25, 0.3) is 5.69 Å². The first-order chi connectivity index (χ1) is 7.68. The first kappa shape index (κ1) is 10.4. The summed E-state index contributed by atoms with van der Waals surface area (Å²) in [5.74, 6) is 0. The average molecular weight is 212 g/mol. The Bertz CT molecular complexity index is 518. The van der Waals surface area contributed by atoms with E-state index in [1.165, 1.54) is 6.07 Å². The van der Waals surface area contributed by atoms with Crippen LogP contribution in [0.1, 0.15) is 5.56 Å². The fourth-order valence-electron chi connectivity index (χ4n) is 1.56. The molecule has 2 aromatic rings. The predicted octanol–water partition coefficient (Wildman–Crippen LogP) is 3.44. The molecule has 2 rings (SSSR count). The average Bonchev–Trinajstić information content (AvgIpc) is 2.30. The number of para-hydroxylation sites is 1.